The molecule has 19 heavy (non-hydrogen) atoms. The van der Waals surface area contributed by atoms with Crippen molar-refractivity contribution in [2.24, 2.45) is 0 Å². The molecule has 0 atom stereocenters. The second kappa shape index (κ2) is 5.34. The second-order valence-corrected chi connectivity index (χ2v) is 4.93. The van der Waals surface area contributed by atoms with Crippen molar-refractivity contribution in [3.63, 3.8) is 0 Å². The summed E-state index contributed by atoms with van der Waals surface area (Å²) < 4.78 is 13.6. The Morgan fingerprint density at radius 1 is 1.32 bits per heavy atom. The van der Waals surface area contributed by atoms with E-state index in [1.165, 1.54) is 6.07 Å². The summed E-state index contributed by atoms with van der Waals surface area (Å²) in [5, 5.41) is 0. The summed E-state index contributed by atoms with van der Waals surface area (Å²) in [5.41, 5.74) is 1.80. The highest BCUT2D eigenvalue weighted by Gasteiger charge is 2.12. The van der Waals surface area contributed by atoms with Crippen molar-refractivity contribution in [3.8, 4) is 0 Å². The molecule has 2 rings (SSSR count). The SMILES string of the molecule is Cc1nc(Cc2ccccc2F)[nH]c(=O)c1C(C)C. The van der Waals surface area contributed by atoms with Gasteiger partial charge in [0.05, 0.1) is 0 Å². The Balaban J connectivity index is 2.38. The van der Waals surface area contributed by atoms with Gasteiger partial charge in [-0.15, -0.1) is 0 Å². The molecule has 0 aliphatic heterocycles. The quantitative estimate of drug-likeness (QED) is 0.922. The van der Waals surface area contributed by atoms with E-state index in [9.17, 15) is 9.18 Å². The van der Waals surface area contributed by atoms with Gasteiger partial charge in [0.15, 0.2) is 0 Å². The number of hydrogen-bond donors (Lipinski definition) is 1. The molecule has 1 heterocycles. The average molecular weight is 260 g/mol. The summed E-state index contributed by atoms with van der Waals surface area (Å²) in [6.45, 7) is 5.72. The molecule has 100 valence electrons. The Hall–Kier alpha value is -1.97. The Bertz CT molecular complexity index is 647. The van der Waals surface area contributed by atoms with Gasteiger partial charge in [0.1, 0.15) is 11.6 Å². The minimum atomic E-state index is -0.282. The summed E-state index contributed by atoms with van der Waals surface area (Å²) in [5.74, 6) is 0.339. The van der Waals surface area contributed by atoms with E-state index in [1.807, 2.05) is 20.8 Å². The Morgan fingerprint density at radius 2 is 2.00 bits per heavy atom. The van der Waals surface area contributed by atoms with Crippen LogP contribution in [0.25, 0.3) is 0 Å². The molecule has 0 radical (unpaired) electrons. The fraction of sp³-hybridized carbons (Fsp3) is 0.333. The van der Waals surface area contributed by atoms with Crippen LogP contribution in [0.4, 0.5) is 4.39 Å². The van der Waals surface area contributed by atoms with E-state index >= 15 is 0 Å². The molecule has 0 bridgehead atoms. The van der Waals surface area contributed by atoms with Crippen LogP contribution in [0.5, 0.6) is 0 Å². The zero-order valence-corrected chi connectivity index (χ0v) is 11.3. The molecule has 2 aromatic rings. The molecule has 0 aliphatic rings. The third-order valence-electron chi connectivity index (χ3n) is 3.09. The second-order valence-electron chi connectivity index (χ2n) is 4.93. The van der Waals surface area contributed by atoms with Gasteiger partial charge in [-0.05, 0) is 24.5 Å². The van der Waals surface area contributed by atoms with Crippen LogP contribution in [0, 0.1) is 12.7 Å². The highest BCUT2D eigenvalue weighted by atomic mass is 19.1. The lowest BCUT2D eigenvalue weighted by atomic mass is 10.0. The third-order valence-corrected chi connectivity index (χ3v) is 3.09. The summed E-state index contributed by atoms with van der Waals surface area (Å²) >= 11 is 0. The first kappa shape index (κ1) is 13.5. The summed E-state index contributed by atoms with van der Waals surface area (Å²) in [6.07, 6.45) is 0.293. The summed E-state index contributed by atoms with van der Waals surface area (Å²) in [4.78, 5) is 19.1. The van der Waals surface area contributed by atoms with E-state index < -0.39 is 0 Å². The molecule has 1 aromatic carbocycles. The van der Waals surface area contributed by atoms with Crippen molar-refractivity contribution in [1.82, 2.24) is 9.97 Å². The van der Waals surface area contributed by atoms with Gasteiger partial charge < -0.3 is 4.98 Å². The van der Waals surface area contributed by atoms with Crippen LogP contribution in [0.2, 0.25) is 0 Å². The van der Waals surface area contributed by atoms with Gasteiger partial charge in [0.25, 0.3) is 5.56 Å². The van der Waals surface area contributed by atoms with E-state index in [4.69, 9.17) is 0 Å². The van der Waals surface area contributed by atoms with Crippen molar-refractivity contribution in [2.75, 3.05) is 0 Å². The van der Waals surface area contributed by atoms with Gasteiger partial charge in [-0.25, -0.2) is 9.37 Å². The zero-order valence-electron chi connectivity index (χ0n) is 11.3. The van der Waals surface area contributed by atoms with Crippen molar-refractivity contribution >= 4 is 0 Å². The molecule has 1 N–H and O–H groups in total. The summed E-state index contributed by atoms with van der Waals surface area (Å²) in [6, 6.07) is 6.51. The molecule has 0 unspecified atom stereocenters. The maximum atomic E-state index is 13.6. The van der Waals surface area contributed by atoms with Crippen LogP contribution in [0.15, 0.2) is 29.1 Å². The first-order valence-electron chi connectivity index (χ1n) is 6.32. The molecule has 0 spiro atoms. The zero-order chi connectivity index (χ0) is 14.0. The number of rotatable bonds is 3. The molecule has 0 saturated carbocycles. The van der Waals surface area contributed by atoms with E-state index in [2.05, 4.69) is 9.97 Å². The Kier molecular flexibility index (Phi) is 3.79. The molecule has 1 aromatic heterocycles. The van der Waals surface area contributed by atoms with Gasteiger partial charge >= 0.3 is 0 Å². The molecular formula is C15H17FN2O. The first-order chi connectivity index (χ1) is 8.99. The fourth-order valence-electron chi connectivity index (χ4n) is 2.24. The van der Waals surface area contributed by atoms with E-state index in [1.54, 1.807) is 18.2 Å². The van der Waals surface area contributed by atoms with Crippen molar-refractivity contribution in [1.29, 1.82) is 0 Å². The van der Waals surface area contributed by atoms with Crippen molar-refractivity contribution in [2.45, 2.75) is 33.1 Å². The maximum absolute atomic E-state index is 13.6. The lowest BCUT2D eigenvalue weighted by Gasteiger charge is -2.10. The van der Waals surface area contributed by atoms with E-state index in [-0.39, 0.29) is 17.3 Å². The number of aromatic nitrogens is 2. The van der Waals surface area contributed by atoms with Crippen LogP contribution < -0.4 is 5.56 Å². The maximum Gasteiger partial charge on any atom is 0.254 e. The standard InChI is InChI=1S/C15H17FN2O/c1-9(2)14-10(3)17-13(18-15(14)19)8-11-6-4-5-7-12(11)16/h4-7,9H,8H2,1-3H3,(H,17,18,19). The van der Waals surface area contributed by atoms with Gasteiger partial charge in [-0.1, -0.05) is 32.0 Å². The lowest BCUT2D eigenvalue weighted by Crippen LogP contribution is -2.20. The number of halogens is 1. The van der Waals surface area contributed by atoms with Crippen molar-refractivity contribution < 1.29 is 4.39 Å². The topological polar surface area (TPSA) is 45.8 Å². The lowest BCUT2D eigenvalue weighted by molar-refractivity contribution is 0.611. The Morgan fingerprint density at radius 3 is 2.58 bits per heavy atom. The van der Waals surface area contributed by atoms with Gasteiger partial charge in [0.2, 0.25) is 0 Å². The molecular weight excluding hydrogens is 243 g/mol. The monoisotopic (exact) mass is 260 g/mol. The predicted octanol–water partition coefficient (Wildman–Crippen LogP) is 2.93. The first-order valence-corrected chi connectivity index (χ1v) is 6.32. The molecule has 3 nitrogen and oxygen atoms in total. The number of H-pyrrole nitrogens is 1. The minimum absolute atomic E-state index is 0.124. The summed E-state index contributed by atoms with van der Waals surface area (Å²) in [7, 11) is 0. The van der Waals surface area contributed by atoms with Crippen LogP contribution in [0.3, 0.4) is 0 Å². The smallest absolute Gasteiger partial charge is 0.254 e. The highest BCUT2D eigenvalue weighted by Crippen LogP contribution is 2.14. The molecule has 0 amide bonds. The molecule has 0 saturated heterocycles. The third kappa shape index (κ3) is 2.89. The molecule has 0 fully saturated rings. The van der Waals surface area contributed by atoms with Crippen LogP contribution in [0.1, 0.15) is 42.4 Å². The van der Waals surface area contributed by atoms with Crippen molar-refractivity contribution in [3.05, 3.63) is 63.1 Å². The minimum Gasteiger partial charge on any atom is -0.310 e. The van der Waals surface area contributed by atoms with Gasteiger partial charge in [-0.2, -0.15) is 0 Å². The number of aromatic amines is 1. The number of nitrogens with one attached hydrogen (secondary N) is 1. The Labute approximate surface area is 111 Å². The van der Waals surface area contributed by atoms with Gasteiger partial charge in [0, 0.05) is 17.7 Å². The number of hydrogen-bond acceptors (Lipinski definition) is 2. The molecule has 4 heteroatoms. The average Bonchev–Trinajstić information content (AvgIpc) is 2.30. The van der Waals surface area contributed by atoms with Crippen LogP contribution >= 0.6 is 0 Å². The largest absolute Gasteiger partial charge is 0.310 e. The number of nitrogens with zero attached hydrogens (tertiary/aromatic N) is 1. The van der Waals surface area contributed by atoms with Gasteiger partial charge in [-0.3, -0.25) is 4.79 Å². The van der Waals surface area contributed by atoms with Crippen LogP contribution in [-0.2, 0) is 6.42 Å². The normalized spacial score (nSPS) is 11.0. The number of aryl methyl sites for hydroxylation is 1. The van der Waals surface area contributed by atoms with Crippen LogP contribution in [-0.4, -0.2) is 9.97 Å². The fourth-order valence-corrected chi connectivity index (χ4v) is 2.24. The van der Waals surface area contributed by atoms with E-state index in [0.717, 1.165) is 0 Å². The van der Waals surface area contributed by atoms with E-state index in [0.29, 0.717) is 29.1 Å². The predicted molar refractivity (Wildman–Crippen MR) is 72.9 cm³/mol. The molecule has 0 aliphatic carbocycles. The highest BCUT2D eigenvalue weighted by molar-refractivity contribution is 5.24. The number of benzene rings is 1.